The number of carboxylic acid groups (broad SMARTS) is 1. The van der Waals surface area contributed by atoms with Crippen LogP contribution in [0.1, 0.15) is 29.5 Å². The molecule has 1 unspecified atom stereocenters. The average molecular weight is 330 g/mol. The summed E-state index contributed by atoms with van der Waals surface area (Å²) in [5.74, 6) is -1.62. The zero-order valence-corrected chi connectivity index (χ0v) is 12.9. The SMILES string of the molecule is CCC(NC(=O)c1c(C)nc2c(Cl)cc(Cl)cn12)C(=O)O. The number of carboxylic acids is 1. The van der Waals surface area contributed by atoms with Crippen molar-refractivity contribution in [2.45, 2.75) is 26.3 Å². The molecule has 2 rings (SSSR count). The molecule has 0 bridgehead atoms. The van der Waals surface area contributed by atoms with Crippen LogP contribution in [0, 0.1) is 6.92 Å². The predicted octanol–water partition coefficient (Wildman–Crippen LogP) is 2.54. The van der Waals surface area contributed by atoms with E-state index in [1.807, 2.05) is 0 Å². The molecule has 0 fully saturated rings. The van der Waals surface area contributed by atoms with Crippen LogP contribution in [0.15, 0.2) is 12.3 Å². The lowest BCUT2D eigenvalue weighted by Gasteiger charge is -2.12. The van der Waals surface area contributed by atoms with E-state index >= 15 is 0 Å². The van der Waals surface area contributed by atoms with E-state index in [1.54, 1.807) is 13.8 Å². The molecule has 0 saturated carbocycles. The van der Waals surface area contributed by atoms with Gasteiger partial charge in [0.25, 0.3) is 5.91 Å². The Bertz CT molecular complexity index is 727. The predicted molar refractivity (Wildman–Crippen MR) is 79.1 cm³/mol. The van der Waals surface area contributed by atoms with Gasteiger partial charge in [-0.2, -0.15) is 0 Å². The molecule has 0 aliphatic carbocycles. The van der Waals surface area contributed by atoms with E-state index in [1.165, 1.54) is 16.7 Å². The fourth-order valence-corrected chi connectivity index (χ4v) is 2.54. The lowest BCUT2D eigenvalue weighted by molar-refractivity contribution is -0.139. The van der Waals surface area contributed by atoms with E-state index in [-0.39, 0.29) is 12.1 Å². The van der Waals surface area contributed by atoms with Crippen molar-refractivity contribution >= 4 is 40.7 Å². The number of halogens is 2. The topological polar surface area (TPSA) is 83.7 Å². The van der Waals surface area contributed by atoms with Gasteiger partial charge < -0.3 is 10.4 Å². The van der Waals surface area contributed by atoms with Crippen LogP contribution >= 0.6 is 23.2 Å². The second-order valence-electron chi connectivity index (χ2n) is 4.52. The first-order valence-corrected chi connectivity index (χ1v) is 6.98. The fraction of sp³-hybridized carbons (Fsp3) is 0.308. The number of rotatable bonds is 4. The van der Waals surface area contributed by atoms with Gasteiger partial charge >= 0.3 is 5.97 Å². The Morgan fingerprint density at radius 1 is 1.48 bits per heavy atom. The van der Waals surface area contributed by atoms with Crippen molar-refractivity contribution in [2.24, 2.45) is 0 Å². The summed E-state index contributed by atoms with van der Waals surface area (Å²) in [6.45, 7) is 3.32. The van der Waals surface area contributed by atoms with Crippen LogP contribution < -0.4 is 5.32 Å². The molecule has 1 amide bonds. The second kappa shape index (κ2) is 5.91. The van der Waals surface area contributed by atoms with Crippen molar-refractivity contribution in [1.29, 1.82) is 0 Å². The number of carbonyl (C=O) groups is 2. The summed E-state index contributed by atoms with van der Waals surface area (Å²) >= 11 is 12.0. The largest absolute Gasteiger partial charge is 0.480 e. The number of aryl methyl sites for hydroxylation is 1. The Balaban J connectivity index is 2.48. The highest BCUT2D eigenvalue weighted by Crippen LogP contribution is 2.24. The van der Waals surface area contributed by atoms with Crippen LogP contribution in [0.2, 0.25) is 10.0 Å². The molecule has 21 heavy (non-hydrogen) atoms. The zero-order valence-electron chi connectivity index (χ0n) is 11.4. The first-order chi connectivity index (χ1) is 9.85. The molecule has 0 aliphatic heterocycles. The molecule has 0 radical (unpaired) electrons. The van der Waals surface area contributed by atoms with Gasteiger partial charge in [-0.3, -0.25) is 9.20 Å². The summed E-state index contributed by atoms with van der Waals surface area (Å²) in [6, 6.07) is 0.565. The van der Waals surface area contributed by atoms with Crippen LogP contribution in [0.25, 0.3) is 5.65 Å². The number of aromatic nitrogens is 2. The van der Waals surface area contributed by atoms with Gasteiger partial charge in [0.05, 0.1) is 15.7 Å². The van der Waals surface area contributed by atoms with E-state index in [9.17, 15) is 9.59 Å². The number of nitrogens with one attached hydrogen (secondary N) is 1. The van der Waals surface area contributed by atoms with Gasteiger partial charge in [-0.1, -0.05) is 30.1 Å². The monoisotopic (exact) mass is 329 g/mol. The van der Waals surface area contributed by atoms with Gasteiger partial charge in [-0.25, -0.2) is 9.78 Å². The minimum Gasteiger partial charge on any atom is -0.480 e. The maximum atomic E-state index is 12.3. The van der Waals surface area contributed by atoms with Crippen LogP contribution in [0.5, 0.6) is 0 Å². The van der Waals surface area contributed by atoms with Crippen molar-refractivity contribution in [2.75, 3.05) is 0 Å². The van der Waals surface area contributed by atoms with Crippen LogP contribution in [-0.4, -0.2) is 32.4 Å². The Hall–Kier alpha value is -1.79. The highest BCUT2D eigenvalue weighted by molar-refractivity contribution is 6.36. The fourth-order valence-electron chi connectivity index (χ4n) is 2.02. The number of hydrogen-bond acceptors (Lipinski definition) is 3. The number of nitrogens with zero attached hydrogens (tertiary/aromatic N) is 2. The molecule has 6 nitrogen and oxygen atoms in total. The Kier molecular flexibility index (Phi) is 4.39. The molecule has 8 heteroatoms. The molecule has 2 aromatic heterocycles. The third kappa shape index (κ3) is 2.96. The number of imidazole rings is 1. The number of amides is 1. The summed E-state index contributed by atoms with van der Waals surface area (Å²) in [6.07, 6.45) is 1.79. The minimum absolute atomic E-state index is 0.217. The van der Waals surface area contributed by atoms with Crippen LogP contribution in [-0.2, 0) is 4.79 Å². The summed E-state index contributed by atoms with van der Waals surface area (Å²) in [5, 5.41) is 12.1. The van der Waals surface area contributed by atoms with E-state index in [2.05, 4.69) is 10.3 Å². The second-order valence-corrected chi connectivity index (χ2v) is 5.36. The van der Waals surface area contributed by atoms with E-state index < -0.39 is 17.9 Å². The van der Waals surface area contributed by atoms with E-state index in [0.717, 1.165) is 0 Å². The van der Waals surface area contributed by atoms with Crippen molar-refractivity contribution < 1.29 is 14.7 Å². The standard InChI is InChI=1S/C13H13Cl2N3O3/c1-3-9(13(20)21)17-12(19)10-6(2)16-11-8(15)4-7(14)5-18(10)11/h4-5,9H,3H2,1-2H3,(H,17,19)(H,20,21). The molecule has 2 heterocycles. The van der Waals surface area contributed by atoms with Crippen molar-refractivity contribution in [1.82, 2.24) is 14.7 Å². The molecule has 0 saturated heterocycles. The summed E-state index contributed by atoms with van der Waals surface area (Å²) in [5.41, 5.74) is 1.05. The quantitative estimate of drug-likeness (QED) is 0.902. The Morgan fingerprint density at radius 2 is 2.14 bits per heavy atom. The smallest absolute Gasteiger partial charge is 0.326 e. The Morgan fingerprint density at radius 3 is 2.71 bits per heavy atom. The van der Waals surface area contributed by atoms with Gasteiger partial charge in [0.2, 0.25) is 0 Å². The lowest BCUT2D eigenvalue weighted by Crippen LogP contribution is -2.40. The highest BCUT2D eigenvalue weighted by Gasteiger charge is 2.23. The first-order valence-electron chi connectivity index (χ1n) is 6.22. The molecule has 2 aromatic rings. The lowest BCUT2D eigenvalue weighted by atomic mass is 10.2. The third-order valence-electron chi connectivity index (χ3n) is 3.04. The minimum atomic E-state index is -1.09. The van der Waals surface area contributed by atoms with Crippen molar-refractivity contribution in [3.05, 3.63) is 33.7 Å². The summed E-state index contributed by atoms with van der Waals surface area (Å²) < 4.78 is 1.46. The molecule has 1 atom stereocenters. The number of carbonyl (C=O) groups excluding carboxylic acids is 1. The molecule has 0 aliphatic rings. The molecular weight excluding hydrogens is 317 g/mol. The van der Waals surface area contributed by atoms with E-state index in [4.69, 9.17) is 28.3 Å². The summed E-state index contributed by atoms with van der Waals surface area (Å²) in [4.78, 5) is 27.5. The van der Waals surface area contributed by atoms with Crippen LogP contribution in [0.4, 0.5) is 0 Å². The van der Waals surface area contributed by atoms with Crippen molar-refractivity contribution in [3.63, 3.8) is 0 Å². The average Bonchev–Trinajstić information content (AvgIpc) is 2.72. The molecule has 2 N–H and O–H groups in total. The zero-order chi connectivity index (χ0) is 15.7. The van der Waals surface area contributed by atoms with Crippen LogP contribution in [0.3, 0.4) is 0 Å². The summed E-state index contributed by atoms with van der Waals surface area (Å²) in [7, 11) is 0. The highest BCUT2D eigenvalue weighted by atomic mass is 35.5. The van der Waals surface area contributed by atoms with Gasteiger partial charge in [0.15, 0.2) is 5.65 Å². The molecule has 0 aromatic carbocycles. The maximum absolute atomic E-state index is 12.3. The van der Waals surface area contributed by atoms with Gasteiger partial charge in [-0.05, 0) is 19.4 Å². The normalized spacial score (nSPS) is 12.4. The van der Waals surface area contributed by atoms with Gasteiger partial charge in [-0.15, -0.1) is 0 Å². The van der Waals surface area contributed by atoms with Gasteiger partial charge in [0.1, 0.15) is 11.7 Å². The molecular formula is C13H13Cl2N3O3. The molecule has 112 valence electrons. The number of fused-ring (bicyclic) bond motifs is 1. The number of pyridine rings is 1. The van der Waals surface area contributed by atoms with Crippen molar-refractivity contribution in [3.8, 4) is 0 Å². The van der Waals surface area contributed by atoms with E-state index in [0.29, 0.717) is 21.4 Å². The Labute approximate surface area is 130 Å². The number of aliphatic carboxylic acids is 1. The molecule has 0 spiro atoms. The number of hydrogen-bond donors (Lipinski definition) is 2. The van der Waals surface area contributed by atoms with Gasteiger partial charge in [0, 0.05) is 6.20 Å². The third-order valence-corrected chi connectivity index (χ3v) is 3.53. The first kappa shape index (κ1) is 15.6. The maximum Gasteiger partial charge on any atom is 0.326 e.